The van der Waals surface area contributed by atoms with Crippen molar-refractivity contribution in [2.75, 3.05) is 0 Å². The molecule has 0 atom stereocenters. The molecule has 0 bridgehead atoms. The summed E-state index contributed by atoms with van der Waals surface area (Å²) >= 11 is 3.28. The topological polar surface area (TPSA) is 9.23 Å². The van der Waals surface area contributed by atoms with Gasteiger partial charge in [-0.15, -0.1) is 0 Å². The molecule has 100 valence electrons. The lowest BCUT2D eigenvalue weighted by atomic mass is 10.0. The van der Waals surface area contributed by atoms with E-state index in [2.05, 4.69) is 35.8 Å². The Labute approximate surface area is 121 Å². The van der Waals surface area contributed by atoms with Gasteiger partial charge in [-0.3, -0.25) is 0 Å². The van der Waals surface area contributed by atoms with Gasteiger partial charge in [-0.2, -0.15) is 0 Å². The van der Waals surface area contributed by atoms with Crippen molar-refractivity contribution in [2.24, 2.45) is 0 Å². The third-order valence-electron chi connectivity index (χ3n) is 2.86. The summed E-state index contributed by atoms with van der Waals surface area (Å²) in [6.07, 6.45) is 0. The van der Waals surface area contributed by atoms with Gasteiger partial charge in [0, 0.05) is 4.47 Å². The SMILES string of the molecule is CC(C)c1ccccc1OCc1cc(F)cc(Br)c1. The summed E-state index contributed by atoms with van der Waals surface area (Å²) in [7, 11) is 0. The van der Waals surface area contributed by atoms with Gasteiger partial charge in [0.05, 0.1) is 0 Å². The molecule has 3 heteroatoms. The van der Waals surface area contributed by atoms with Gasteiger partial charge in [-0.1, -0.05) is 48.0 Å². The third-order valence-corrected chi connectivity index (χ3v) is 3.32. The van der Waals surface area contributed by atoms with E-state index in [9.17, 15) is 4.39 Å². The molecule has 0 aliphatic rings. The van der Waals surface area contributed by atoms with Crippen LogP contribution < -0.4 is 4.74 Å². The Bertz CT molecular complexity index is 546. The van der Waals surface area contributed by atoms with Crippen molar-refractivity contribution < 1.29 is 9.13 Å². The monoisotopic (exact) mass is 322 g/mol. The molecule has 2 rings (SSSR count). The van der Waals surface area contributed by atoms with E-state index >= 15 is 0 Å². The van der Waals surface area contributed by atoms with Gasteiger partial charge in [-0.05, 0) is 41.3 Å². The molecule has 19 heavy (non-hydrogen) atoms. The number of halogens is 2. The molecule has 0 amide bonds. The number of para-hydroxylation sites is 1. The summed E-state index contributed by atoms with van der Waals surface area (Å²) in [6.45, 7) is 4.61. The lowest BCUT2D eigenvalue weighted by Crippen LogP contribution is -2.00. The third kappa shape index (κ3) is 3.80. The van der Waals surface area contributed by atoms with Crippen LogP contribution in [-0.2, 0) is 6.61 Å². The lowest BCUT2D eigenvalue weighted by molar-refractivity contribution is 0.301. The molecule has 0 N–H and O–H groups in total. The quantitative estimate of drug-likeness (QED) is 0.743. The van der Waals surface area contributed by atoms with Crippen molar-refractivity contribution in [1.82, 2.24) is 0 Å². The zero-order valence-electron chi connectivity index (χ0n) is 11.0. The zero-order valence-corrected chi connectivity index (χ0v) is 12.6. The molecule has 0 fully saturated rings. The predicted molar refractivity (Wildman–Crippen MR) is 79.0 cm³/mol. The summed E-state index contributed by atoms with van der Waals surface area (Å²) in [6, 6.07) is 12.7. The van der Waals surface area contributed by atoms with Crippen LogP contribution >= 0.6 is 15.9 Å². The van der Waals surface area contributed by atoms with Gasteiger partial charge in [-0.25, -0.2) is 4.39 Å². The highest BCUT2D eigenvalue weighted by Crippen LogP contribution is 2.27. The minimum Gasteiger partial charge on any atom is -0.489 e. The first kappa shape index (κ1) is 14.1. The summed E-state index contributed by atoms with van der Waals surface area (Å²) in [4.78, 5) is 0. The van der Waals surface area contributed by atoms with Crippen molar-refractivity contribution in [3.8, 4) is 5.75 Å². The largest absolute Gasteiger partial charge is 0.489 e. The molecule has 0 saturated carbocycles. The maximum absolute atomic E-state index is 13.3. The molecule has 0 unspecified atom stereocenters. The highest BCUT2D eigenvalue weighted by molar-refractivity contribution is 9.10. The predicted octanol–water partition coefficient (Wildman–Crippen LogP) is 5.29. The first-order valence-corrected chi connectivity index (χ1v) is 7.02. The van der Waals surface area contributed by atoms with Crippen molar-refractivity contribution in [3.63, 3.8) is 0 Å². The highest BCUT2D eigenvalue weighted by atomic mass is 79.9. The number of hydrogen-bond acceptors (Lipinski definition) is 1. The van der Waals surface area contributed by atoms with Crippen LogP contribution in [-0.4, -0.2) is 0 Å². The molecule has 0 aliphatic carbocycles. The second-order valence-corrected chi connectivity index (χ2v) is 5.67. The van der Waals surface area contributed by atoms with Crippen LogP contribution in [0.2, 0.25) is 0 Å². The van der Waals surface area contributed by atoms with Crippen LogP contribution in [0.15, 0.2) is 46.9 Å². The minimum atomic E-state index is -0.259. The fourth-order valence-corrected chi connectivity index (χ4v) is 2.46. The molecule has 0 aromatic heterocycles. The Morgan fingerprint density at radius 2 is 1.89 bits per heavy atom. The maximum atomic E-state index is 13.3. The van der Waals surface area contributed by atoms with Crippen molar-refractivity contribution in [3.05, 3.63) is 63.9 Å². The number of rotatable bonds is 4. The van der Waals surface area contributed by atoms with Crippen LogP contribution in [0, 0.1) is 5.82 Å². The van der Waals surface area contributed by atoms with E-state index in [4.69, 9.17) is 4.74 Å². The number of hydrogen-bond donors (Lipinski definition) is 0. The Balaban J connectivity index is 2.14. The molecule has 0 spiro atoms. The molecule has 0 saturated heterocycles. The molecule has 1 nitrogen and oxygen atoms in total. The summed E-state index contributed by atoms with van der Waals surface area (Å²) in [5.74, 6) is 0.999. The fourth-order valence-electron chi connectivity index (χ4n) is 1.94. The molecule has 2 aromatic rings. The van der Waals surface area contributed by atoms with Gasteiger partial charge in [0.15, 0.2) is 0 Å². The van der Waals surface area contributed by atoms with E-state index in [0.29, 0.717) is 12.5 Å². The van der Waals surface area contributed by atoms with Crippen LogP contribution in [0.25, 0.3) is 0 Å². The molecular formula is C16H16BrFO. The Morgan fingerprint density at radius 1 is 1.16 bits per heavy atom. The van der Waals surface area contributed by atoms with Gasteiger partial charge < -0.3 is 4.74 Å². The minimum absolute atomic E-state index is 0.259. The van der Waals surface area contributed by atoms with Gasteiger partial charge >= 0.3 is 0 Å². The summed E-state index contributed by atoms with van der Waals surface area (Å²) in [5.41, 5.74) is 1.98. The molecule has 0 radical (unpaired) electrons. The molecule has 0 heterocycles. The van der Waals surface area contributed by atoms with E-state index in [0.717, 1.165) is 21.3 Å². The number of ether oxygens (including phenoxy) is 1. The second-order valence-electron chi connectivity index (χ2n) is 4.76. The van der Waals surface area contributed by atoms with Crippen LogP contribution in [0.3, 0.4) is 0 Å². The highest BCUT2D eigenvalue weighted by Gasteiger charge is 2.07. The van der Waals surface area contributed by atoms with Gasteiger partial charge in [0.25, 0.3) is 0 Å². The smallest absolute Gasteiger partial charge is 0.124 e. The van der Waals surface area contributed by atoms with Gasteiger partial charge in [0.2, 0.25) is 0 Å². The van der Waals surface area contributed by atoms with Crippen LogP contribution in [0.5, 0.6) is 5.75 Å². The Hall–Kier alpha value is -1.35. The van der Waals surface area contributed by atoms with Crippen molar-refractivity contribution >= 4 is 15.9 Å². The molecule has 2 aromatic carbocycles. The first-order valence-electron chi connectivity index (χ1n) is 6.23. The molecular weight excluding hydrogens is 307 g/mol. The summed E-state index contributed by atoms with van der Waals surface area (Å²) in [5, 5.41) is 0. The van der Waals surface area contributed by atoms with Crippen molar-refractivity contribution in [1.29, 1.82) is 0 Å². The normalized spacial score (nSPS) is 10.8. The second kappa shape index (κ2) is 6.20. The molecule has 0 aliphatic heterocycles. The van der Waals surface area contributed by atoms with E-state index in [1.54, 1.807) is 0 Å². The number of benzene rings is 2. The Morgan fingerprint density at radius 3 is 2.58 bits per heavy atom. The van der Waals surface area contributed by atoms with Crippen molar-refractivity contribution in [2.45, 2.75) is 26.4 Å². The maximum Gasteiger partial charge on any atom is 0.124 e. The zero-order chi connectivity index (χ0) is 13.8. The standard InChI is InChI=1S/C16H16BrFO/c1-11(2)15-5-3-4-6-16(15)19-10-12-7-13(17)9-14(18)8-12/h3-9,11H,10H2,1-2H3. The van der Waals surface area contributed by atoms with Crippen LogP contribution in [0.4, 0.5) is 4.39 Å². The average molecular weight is 323 g/mol. The van der Waals surface area contributed by atoms with E-state index in [1.165, 1.54) is 12.1 Å². The summed E-state index contributed by atoms with van der Waals surface area (Å²) < 4.78 is 19.8. The lowest BCUT2D eigenvalue weighted by Gasteiger charge is -2.14. The van der Waals surface area contributed by atoms with Crippen LogP contribution in [0.1, 0.15) is 30.9 Å². The first-order chi connectivity index (χ1) is 9.06. The average Bonchev–Trinajstić information content (AvgIpc) is 2.35. The van der Waals surface area contributed by atoms with E-state index in [1.807, 2.05) is 24.3 Å². The van der Waals surface area contributed by atoms with E-state index in [-0.39, 0.29) is 5.82 Å². The van der Waals surface area contributed by atoms with E-state index < -0.39 is 0 Å². The Kier molecular flexibility index (Phi) is 4.59. The fraction of sp³-hybridized carbons (Fsp3) is 0.250. The van der Waals surface area contributed by atoms with Gasteiger partial charge in [0.1, 0.15) is 18.2 Å².